The number of carbonyl (C=O) groups is 1. The van der Waals surface area contributed by atoms with Crippen molar-refractivity contribution in [2.45, 2.75) is 26.2 Å². The first kappa shape index (κ1) is 16.8. The summed E-state index contributed by atoms with van der Waals surface area (Å²) in [6, 6.07) is 13.8. The molecule has 0 saturated heterocycles. The molecule has 0 atom stereocenters. The van der Waals surface area contributed by atoms with Gasteiger partial charge in [-0.25, -0.2) is 0 Å². The lowest BCUT2D eigenvalue weighted by Crippen LogP contribution is -2.25. The van der Waals surface area contributed by atoms with Gasteiger partial charge in [-0.2, -0.15) is 0 Å². The van der Waals surface area contributed by atoms with Gasteiger partial charge in [-0.05, 0) is 43.9 Å². The number of unbranched alkanes of at least 4 members (excludes halogenated alkanes) is 1. The molecule has 0 bridgehead atoms. The van der Waals surface area contributed by atoms with E-state index in [0.29, 0.717) is 18.0 Å². The second kappa shape index (κ2) is 7.70. The monoisotopic (exact) mass is 339 g/mol. The van der Waals surface area contributed by atoms with Crippen LogP contribution in [0.1, 0.15) is 34.5 Å². The van der Waals surface area contributed by atoms with Gasteiger partial charge in [-0.1, -0.05) is 35.5 Å². The number of hydrogen-bond acceptors (Lipinski definition) is 5. The van der Waals surface area contributed by atoms with Crippen molar-refractivity contribution in [2.75, 3.05) is 12.3 Å². The number of nitrogens with one attached hydrogen (secondary N) is 1. The minimum atomic E-state index is -0.303. The number of nitrogens with zero attached hydrogens (tertiary/aromatic N) is 1. The molecule has 0 unspecified atom stereocenters. The maximum Gasteiger partial charge on any atom is 0.259 e. The predicted molar refractivity (Wildman–Crippen MR) is 95.1 cm³/mol. The van der Waals surface area contributed by atoms with E-state index in [2.05, 4.69) is 22.6 Å². The van der Waals surface area contributed by atoms with E-state index in [9.17, 15) is 4.79 Å². The number of nitrogen functional groups attached to an aromatic ring is 1. The number of anilines is 1. The predicted octanol–water partition coefficient (Wildman–Crippen LogP) is 3.58. The van der Waals surface area contributed by atoms with Gasteiger partial charge in [0.1, 0.15) is 11.3 Å². The van der Waals surface area contributed by atoms with Crippen molar-refractivity contribution in [1.82, 2.24) is 10.5 Å². The van der Waals surface area contributed by atoms with E-state index in [-0.39, 0.29) is 17.4 Å². The van der Waals surface area contributed by atoms with Crippen LogP contribution in [0.2, 0.25) is 0 Å². The largest absolute Gasteiger partial charge is 0.460 e. The van der Waals surface area contributed by atoms with Crippen LogP contribution < -0.4 is 11.1 Å². The minimum absolute atomic E-state index is 0.00848. The number of furan rings is 1. The van der Waals surface area contributed by atoms with Crippen LogP contribution in [0.15, 0.2) is 51.4 Å². The molecule has 6 nitrogen and oxygen atoms in total. The number of hydrogen-bond donors (Lipinski definition) is 2. The Labute approximate surface area is 146 Å². The summed E-state index contributed by atoms with van der Waals surface area (Å²) in [5, 5.41) is 6.72. The molecule has 0 aliphatic carbocycles. The van der Waals surface area contributed by atoms with Crippen molar-refractivity contribution in [3.05, 3.63) is 59.4 Å². The summed E-state index contributed by atoms with van der Waals surface area (Å²) in [5.74, 6) is 0.879. The van der Waals surface area contributed by atoms with Gasteiger partial charge in [-0.3, -0.25) is 4.79 Å². The highest BCUT2D eigenvalue weighted by Crippen LogP contribution is 2.28. The second-order valence-corrected chi connectivity index (χ2v) is 5.88. The summed E-state index contributed by atoms with van der Waals surface area (Å²) in [4.78, 5) is 12.4. The van der Waals surface area contributed by atoms with Crippen LogP contribution in [-0.4, -0.2) is 17.6 Å². The number of amides is 1. The average molecular weight is 339 g/mol. The van der Waals surface area contributed by atoms with Crippen LogP contribution in [0.25, 0.3) is 11.5 Å². The number of benzene rings is 1. The number of aryl methyl sites for hydroxylation is 2. The van der Waals surface area contributed by atoms with Gasteiger partial charge in [0.05, 0.1) is 0 Å². The van der Waals surface area contributed by atoms with Gasteiger partial charge in [0.15, 0.2) is 11.5 Å². The topological polar surface area (TPSA) is 94.3 Å². The lowest BCUT2D eigenvalue weighted by atomic mass is 10.1. The van der Waals surface area contributed by atoms with Crippen LogP contribution in [0.4, 0.5) is 5.88 Å². The lowest BCUT2D eigenvalue weighted by Gasteiger charge is -2.05. The summed E-state index contributed by atoms with van der Waals surface area (Å²) >= 11 is 0. The Morgan fingerprint density at radius 2 is 1.96 bits per heavy atom. The Balaban J connectivity index is 1.54. The number of nitrogens with two attached hydrogens (primary N) is 1. The molecule has 0 spiro atoms. The molecule has 0 aliphatic heterocycles. The van der Waals surface area contributed by atoms with E-state index in [1.165, 1.54) is 5.56 Å². The number of aromatic nitrogens is 1. The molecule has 3 N–H and O–H groups in total. The summed E-state index contributed by atoms with van der Waals surface area (Å²) < 4.78 is 10.5. The summed E-state index contributed by atoms with van der Waals surface area (Å²) in [6.07, 6.45) is 2.86. The average Bonchev–Trinajstić information content (AvgIpc) is 3.21. The van der Waals surface area contributed by atoms with E-state index >= 15 is 0 Å². The van der Waals surface area contributed by atoms with E-state index in [4.69, 9.17) is 14.7 Å². The fourth-order valence-electron chi connectivity index (χ4n) is 2.64. The number of rotatable bonds is 7. The van der Waals surface area contributed by atoms with E-state index in [1.807, 2.05) is 25.1 Å². The van der Waals surface area contributed by atoms with Crippen molar-refractivity contribution in [3.63, 3.8) is 0 Å². The zero-order chi connectivity index (χ0) is 17.6. The Hall–Kier alpha value is -3.02. The van der Waals surface area contributed by atoms with Crippen molar-refractivity contribution in [3.8, 4) is 11.5 Å². The molecule has 0 fully saturated rings. The van der Waals surface area contributed by atoms with Gasteiger partial charge in [-0.15, -0.1) is 0 Å². The highest BCUT2D eigenvalue weighted by Gasteiger charge is 2.24. The first-order chi connectivity index (χ1) is 12.1. The van der Waals surface area contributed by atoms with Crippen molar-refractivity contribution < 1.29 is 13.7 Å². The fourth-order valence-corrected chi connectivity index (χ4v) is 2.64. The molecule has 2 heterocycles. The molecule has 3 rings (SSSR count). The van der Waals surface area contributed by atoms with Gasteiger partial charge >= 0.3 is 0 Å². The van der Waals surface area contributed by atoms with Crippen LogP contribution in [0.5, 0.6) is 0 Å². The van der Waals surface area contributed by atoms with Gasteiger partial charge in [0, 0.05) is 6.54 Å². The Bertz CT molecular complexity index is 837. The SMILES string of the molecule is Cc1ccc(-c2noc(N)c2C(=O)NCCCCc2ccccc2)o1. The van der Waals surface area contributed by atoms with Crippen LogP contribution >= 0.6 is 0 Å². The first-order valence-electron chi connectivity index (χ1n) is 8.29. The molecule has 0 aliphatic rings. The van der Waals surface area contributed by atoms with Crippen molar-refractivity contribution in [1.29, 1.82) is 0 Å². The third kappa shape index (κ3) is 4.09. The second-order valence-electron chi connectivity index (χ2n) is 5.88. The first-order valence-corrected chi connectivity index (χ1v) is 8.29. The summed E-state index contributed by atoms with van der Waals surface area (Å²) in [5.41, 5.74) is 7.61. The Morgan fingerprint density at radius 1 is 1.16 bits per heavy atom. The van der Waals surface area contributed by atoms with Crippen LogP contribution in [0.3, 0.4) is 0 Å². The fraction of sp³-hybridized carbons (Fsp3) is 0.263. The number of carbonyl (C=O) groups excluding carboxylic acids is 1. The van der Waals surface area contributed by atoms with Crippen LogP contribution in [-0.2, 0) is 6.42 Å². The zero-order valence-electron chi connectivity index (χ0n) is 14.1. The maximum atomic E-state index is 12.4. The molecule has 0 saturated carbocycles. The Kier molecular flexibility index (Phi) is 5.18. The molecule has 0 radical (unpaired) electrons. The molecule has 6 heteroatoms. The standard InChI is InChI=1S/C19H21N3O3/c1-13-10-11-15(24-13)17-16(18(20)25-22-17)19(23)21-12-6-5-9-14-7-3-2-4-8-14/h2-4,7-8,10-11H,5-6,9,12,20H2,1H3,(H,21,23). The summed E-state index contributed by atoms with van der Waals surface area (Å²) in [6.45, 7) is 2.38. The van der Waals surface area contributed by atoms with E-state index in [0.717, 1.165) is 25.0 Å². The molecule has 1 aromatic carbocycles. The minimum Gasteiger partial charge on any atom is -0.460 e. The smallest absolute Gasteiger partial charge is 0.259 e. The highest BCUT2D eigenvalue weighted by atomic mass is 16.5. The molecule has 130 valence electrons. The third-order valence-electron chi connectivity index (χ3n) is 3.94. The third-order valence-corrected chi connectivity index (χ3v) is 3.94. The highest BCUT2D eigenvalue weighted by molar-refractivity contribution is 6.03. The van der Waals surface area contributed by atoms with E-state index < -0.39 is 0 Å². The lowest BCUT2D eigenvalue weighted by molar-refractivity contribution is 0.0954. The van der Waals surface area contributed by atoms with Gasteiger partial charge < -0.3 is 20.0 Å². The maximum absolute atomic E-state index is 12.4. The normalized spacial score (nSPS) is 10.8. The van der Waals surface area contributed by atoms with Gasteiger partial charge in [0.2, 0.25) is 5.88 Å². The molecule has 3 aromatic rings. The zero-order valence-corrected chi connectivity index (χ0v) is 14.1. The van der Waals surface area contributed by atoms with Crippen LogP contribution in [0, 0.1) is 6.92 Å². The van der Waals surface area contributed by atoms with Crippen molar-refractivity contribution in [2.24, 2.45) is 0 Å². The molecular formula is C19H21N3O3. The molecule has 2 aromatic heterocycles. The quantitative estimate of drug-likeness (QED) is 0.642. The van der Waals surface area contributed by atoms with Gasteiger partial charge in [0.25, 0.3) is 5.91 Å². The van der Waals surface area contributed by atoms with E-state index in [1.54, 1.807) is 12.1 Å². The van der Waals surface area contributed by atoms with Crippen molar-refractivity contribution >= 4 is 11.8 Å². The molecule has 25 heavy (non-hydrogen) atoms. The Morgan fingerprint density at radius 3 is 2.68 bits per heavy atom. The molecule has 1 amide bonds. The summed E-state index contributed by atoms with van der Waals surface area (Å²) in [7, 11) is 0. The molecular weight excluding hydrogens is 318 g/mol.